The largest absolute Gasteiger partial charge is 0.477 e. The maximum Gasteiger partial charge on any atom is 0.213 e. The van der Waals surface area contributed by atoms with Crippen LogP contribution >= 0.6 is 0 Å². The van der Waals surface area contributed by atoms with E-state index < -0.39 is 0 Å². The van der Waals surface area contributed by atoms with Crippen molar-refractivity contribution >= 4 is 0 Å². The van der Waals surface area contributed by atoms with Gasteiger partial charge in [0.1, 0.15) is 0 Å². The average molecular weight is 193 g/mol. The molecule has 0 saturated carbocycles. The summed E-state index contributed by atoms with van der Waals surface area (Å²) in [4.78, 5) is 4.42. The van der Waals surface area contributed by atoms with E-state index in [1.165, 1.54) is 0 Å². The Morgan fingerprint density at radius 2 is 1.93 bits per heavy atom. The second-order valence-electron chi connectivity index (χ2n) is 4.26. The van der Waals surface area contributed by atoms with E-state index >= 15 is 0 Å². The van der Waals surface area contributed by atoms with Crippen LogP contribution in [0.1, 0.15) is 39.3 Å². The highest BCUT2D eigenvalue weighted by molar-refractivity contribution is 5.17. The number of hydrogen-bond donors (Lipinski definition) is 0. The predicted molar refractivity (Wildman–Crippen MR) is 58.7 cm³/mol. The lowest BCUT2D eigenvalue weighted by Gasteiger charge is -2.10. The molecular weight excluding hydrogens is 174 g/mol. The van der Waals surface area contributed by atoms with Gasteiger partial charge in [-0.15, -0.1) is 0 Å². The van der Waals surface area contributed by atoms with Crippen LogP contribution in [0.5, 0.6) is 5.88 Å². The van der Waals surface area contributed by atoms with E-state index in [9.17, 15) is 0 Å². The van der Waals surface area contributed by atoms with Gasteiger partial charge in [0, 0.05) is 11.8 Å². The average Bonchev–Trinajstić information content (AvgIpc) is 2.15. The van der Waals surface area contributed by atoms with Gasteiger partial charge < -0.3 is 4.74 Å². The van der Waals surface area contributed by atoms with Gasteiger partial charge in [-0.05, 0) is 17.9 Å². The van der Waals surface area contributed by atoms with E-state index in [0.29, 0.717) is 11.8 Å². The summed E-state index contributed by atoms with van der Waals surface area (Å²) in [6.07, 6.45) is 0. The third-order valence-corrected chi connectivity index (χ3v) is 1.90. The van der Waals surface area contributed by atoms with Crippen molar-refractivity contribution in [3.8, 4) is 5.88 Å². The Morgan fingerprint density at radius 1 is 1.21 bits per heavy atom. The molecule has 1 heterocycles. The van der Waals surface area contributed by atoms with Crippen molar-refractivity contribution in [2.45, 2.75) is 33.6 Å². The second-order valence-corrected chi connectivity index (χ2v) is 4.26. The van der Waals surface area contributed by atoms with Crippen molar-refractivity contribution in [3.05, 3.63) is 23.9 Å². The molecule has 0 bridgehead atoms. The Balaban J connectivity index is 2.64. The van der Waals surface area contributed by atoms with Gasteiger partial charge >= 0.3 is 0 Å². The van der Waals surface area contributed by atoms with Crippen LogP contribution in [-0.2, 0) is 0 Å². The summed E-state index contributed by atoms with van der Waals surface area (Å²) < 4.78 is 5.55. The van der Waals surface area contributed by atoms with Gasteiger partial charge in [0.15, 0.2) is 0 Å². The predicted octanol–water partition coefficient (Wildman–Crippen LogP) is 3.24. The van der Waals surface area contributed by atoms with Crippen molar-refractivity contribution in [2.24, 2.45) is 5.92 Å². The lowest BCUT2D eigenvalue weighted by atomic mass is 10.1. The molecule has 0 fully saturated rings. The van der Waals surface area contributed by atoms with Gasteiger partial charge in [-0.2, -0.15) is 0 Å². The first-order chi connectivity index (χ1) is 6.59. The van der Waals surface area contributed by atoms with Gasteiger partial charge in [0.2, 0.25) is 5.88 Å². The number of rotatable bonds is 4. The molecule has 0 spiro atoms. The van der Waals surface area contributed by atoms with E-state index in [1.807, 2.05) is 18.2 Å². The van der Waals surface area contributed by atoms with Crippen LogP contribution in [0.25, 0.3) is 0 Å². The Bertz CT molecular complexity index is 281. The molecule has 1 aromatic heterocycles. The van der Waals surface area contributed by atoms with Gasteiger partial charge in [-0.1, -0.05) is 33.8 Å². The van der Waals surface area contributed by atoms with Crippen molar-refractivity contribution < 1.29 is 4.74 Å². The number of hydrogen-bond acceptors (Lipinski definition) is 2. The summed E-state index contributed by atoms with van der Waals surface area (Å²) >= 11 is 0. The molecule has 78 valence electrons. The molecule has 0 unspecified atom stereocenters. The summed E-state index contributed by atoms with van der Waals surface area (Å²) in [5, 5.41) is 0. The summed E-state index contributed by atoms with van der Waals surface area (Å²) in [6, 6.07) is 5.94. The molecule has 0 N–H and O–H groups in total. The van der Waals surface area contributed by atoms with E-state index in [4.69, 9.17) is 4.74 Å². The van der Waals surface area contributed by atoms with Crippen molar-refractivity contribution in [1.29, 1.82) is 0 Å². The number of ether oxygens (including phenoxy) is 1. The van der Waals surface area contributed by atoms with E-state index in [1.54, 1.807) is 0 Å². The molecule has 0 aliphatic carbocycles. The first kappa shape index (κ1) is 11.0. The monoisotopic (exact) mass is 193 g/mol. The zero-order valence-electron chi connectivity index (χ0n) is 9.45. The molecule has 2 heteroatoms. The molecule has 0 saturated heterocycles. The highest BCUT2D eigenvalue weighted by atomic mass is 16.5. The van der Waals surface area contributed by atoms with Gasteiger partial charge in [-0.3, -0.25) is 0 Å². The molecule has 1 aromatic rings. The zero-order chi connectivity index (χ0) is 10.6. The second kappa shape index (κ2) is 4.99. The topological polar surface area (TPSA) is 22.1 Å². The number of pyridine rings is 1. The van der Waals surface area contributed by atoms with Gasteiger partial charge in [-0.25, -0.2) is 4.98 Å². The quantitative estimate of drug-likeness (QED) is 0.732. The van der Waals surface area contributed by atoms with E-state index in [2.05, 4.69) is 32.7 Å². The van der Waals surface area contributed by atoms with Crippen LogP contribution in [0.3, 0.4) is 0 Å². The van der Waals surface area contributed by atoms with Gasteiger partial charge in [0.25, 0.3) is 0 Å². The minimum atomic E-state index is 0.456. The van der Waals surface area contributed by atoms with Crippen molar-refractivity contribution in [3.63, 3.8) is 0 Å². The summed E-state index contributed by atoms with van der Waals surface area (Å²) in [7, 11) is 0. The van der Waals surface area contributed by atoms with E-state index in [-0.39, 0.29) is 0 Å². The Kier molecular flexibility index (Phi) is 3.93. The smallest absolute Gasteiger partial charge is 0.213 e. The van der Waals surface area contributed by atoms with Crippen molar-refractivity contribution in [2.75, 3.05) is 6.61 Å². The van der Waals surface area contributed by atoms with Crippen LogP contribution in [0.4, 0.5) is 0 Å². The fourth-order valence-corrected chi connectivity index (χ4v) is 1.08. The Hall–Kier alpha value is -1.05. The lowest BCUT2D eigenvalue weighted by Crippen LogP contribution is -2.06. The summed E-state index contributed by atoms with van der Waals surface area (Å²) in [6.45, 7) is 9.26. The number of nitrogens with zero attached hydrogens (tertiary/aromatic N) is 1. The SMILES string of the molecule is CC(C)COc1cccc(C(C)C)n1. The van der Waals surface area contributed by atoms with Crippen LogP contribution in [0.2, 0.25) is 0 Å². The molecule has 14 heavy (non-hydrogen) atoms. The fraction of sp³-hybridized carbons (Fsp3) is 0.583. The molecule has 1 rings (SSSR count). The molecular formula is C12H19NO. The van der Waals surface area contributed by atoms with Crippen molar-refractivity contribution in [1.82, 2.24) is 4.98 Å². The summed E-state index contributed by atoms with van der Waals surface area (Å²) in [5.74, 6) is 1.74. The molecule has 0 amide bonds. The maximum atomic E-state index is 5.55. The van der Waals surface area contributed by atoms with E-state index in [0.717, 1.165) is 18.2 Å². The molecule has 0 aliphatic rings. The normalized spacial score (nSPS) is 11.0. The summed E-state index contributed by atoms with van der Waals surface area (Å²) in [5.41, 5.74) is 1.09. The Morgan fingerprint density at radius 3 is 2.50 bits per heavy atom. The minimum Gasteiger partial charge on any atom is -0.477 e. The van der Waals surface area contributed by atoms with Crippen LogP contribution in [0.15, 0.2) is 18.2 Å². The maximum absolute atomic E-state index is 5.55. The fourth-order valence-electron chi connectivity index (χ4n) is 1.08. The highest BCUT2D eigenvalue weighted by Crippen LogP contribution is 2.15. The van der Waals surface area contributed by atoms with Crippen LogP contribution in [-0.4, -0.2) is 11.6 Å². The molecule has 0 aromatic carbocycles. The molecule has 0 radical (unpaired) electrons. The number of aromatic nitrogens is 1. The van der Waals surface area contributed by atoms with Crippen LogP contribution in [0, 0.1) is 5.92 Å². The zero-order valence-corrected chi connectivity index (χ0v) is 9.45. The van der Waals surface area contributed by atoms with Crippen LogP contribution < -0.4 is 4.74 Å². The molecule has 2 nitrogen and oxygen atoms in total. The lowest BCUT2D eigenvalue weighted by molar-refractivity contribution is 0.260. The minimum absolute atomic E-state index is 0.456. The Labute approximate surface area is 86.3 Å². The molecule has 0 aliphatic heterocycles. The molecule has 0 atom stereocenters. The van der Waals surface area contributed by atoms with Gasteiger partial charge in [0.05, 0.1) is 6.61 Å². The standard InChI is InChI=1S/C12H19NO/c1-9(2)8-14-12-7-5-6-11(13-12)10(3)4/h5-7,9-10H,8H2,1-4H3. The third-order valence-electron chi connectivity index (χ3n) is 1.90. The highest BCUT2D eigenvalue weighted by Gasteiger charge is 2.03. The third kappa shape index (κ3) is 3.36. The first-order valence-corrected chi connectivity index (χ1v) is 5.19. The first-order valence-electron chi connectivity index (χ1n) is 5.19.